The highest BCUT2D eigenvalue weighted by Crippen LogP contribution is 2.37. The van der Waals surface area contributed by atoms with Gasteiger partial charge in [-0.25, -0.2) is 0 Å². The first-order chi connectivity index (χ1) is 7.16. The van der Waals surface area contributed by atoms with Gasteiger partial charge in [0.2, 0.25) is 0 Å². The molecule has 0 amide bonds. The normalized spacial score (nSPS) is 23.5. The fraction of sp³-hybridized carbons (Fsp3) is 0.455. The molecule has 2 unspecified atom stereocenters. The second-order valence-corrected chi connectivity index (χ2v) is 4.16. The van der Waals surface area contributed by atoms with Gasteiger partial charge in [-0.05, 0) is 24.3 Å². The molecule has 1 saturated carbocycles. The molecule has 1 N–H and O–H groups in total. The minimum atomic E-state index is -0.370. The smallest absolute Gasteiger partial charge is 0.271 e. The number of hydrogen-bond acceptors (Lipinski definition) is 3. The minimum Gasteiger partial charge on any atom is -0.385 e. The molecule has 2 rings (SSSR count). The Labute approximate surface area is 88.5 Å². The van der Waals surface area contributed by atoms with Crippen LogP contribution in [0.2, 0.25) is 0 Å². The molecule has 0 aliphatic heterocycles. The molecule has 15 heavy (non-hydrogen) atoms. The summed E-state index contributed by atoms with van der Waals surface area (Å²) in [6.45, 7) is 3.14. The first-order valence-electron chi connectivity index (χ1n) is 5.15. The van der Waals surface area contributed by atoms with Crippen molar-refractivity contribution in [3.05, 3.63) is 34.4 Å². The molecule has 1 aliphatic rings. The van der Waals surface area contributed by atoms with Crippen LogP contribution in [-0.4, -0.2) is 11.5 Å². The van der Waals surface area contributed by atoms with Crippen molar-refractivity contribution in [2.75, 3.05) is 11.9 Å². The first kappa shape index (κ1) is 9.96. The number of nitrogens with one attached hydrogen (secondary N) is 1. The van der Waals surface area contributed by atoms with Crippen molar-refractivity contribution in [3.8, 4) is 0 Å². The van der Waals surface area contributed by atoms with E-state index in [1.807, 2.05) is 6.07 Å². The monoisotopic (exact) mass is 206 g/mol. The second-order valence-electron chi connectivity index (χ2n) is 4.16. The van der Waals surface area contributed by atoms with Gasteiger partial charge in [-0.15, -0.1) is 0 Å². The van der Waals surface area contributed by atoms with Crippen LogP contribution in [-0.2, 0) is 0 Å². The lowest BCUT2D eigenvalue weighted by atomic mass is 10.2. The molecule has 0 saturated heterocycles. The van der Waals surface area contributed by atoms with Crippen LogP contribution >= 0.6 is 0 Å². The topological polar surface area (TPSA) is 55.2 Å². The van der Waals surface area contributed by atoms with Crippen LogP contribution < -0.4 is 5.32 Å². The summed E-state index contributed by atoms with van der Waals surface area (Å²) in [7, 11) is 0. The Morgan fingerprint density at radius 1 is 1.60 bits per heavy atom. The second kappa shape index (κ2) is 3.88. The van der Waals surface area contributed by atoms with Crippen molar-refractivity contribution < 1.29 is 4.92 Å². The molecule has 80 valence electrons. The predicted octanol–water partition coefficient (Wildman–Crippen LogP) is 2.66. The Hall–Kier alpha value is -1.58. The van der Waals surface area contributed by atoms with Gasteiger partial charge in [-0.1, -0.05) is 13.0 Å². The number of anilines is 1. The standard InChI is InChI=1S/C11H14N2O2/c1-8-5-9(8)7-12-10-3-2-4-11(6-10)13(14)15/h2-4,6,8-9,12H,5,7H2,1H3. The Kier molecular flexibility index (Phi) is 2.58. The average Bonchev–Trinajstić information content (AvgIpc) is 2.92. The van der Waals surface area contributed by atoms with E-state index in [0.717, 1.165) is 24.1 Å². The van der Waals surface area contributed by atoms with Gasteiger partial charge >= 0.3 is 0 Å². The van der Waals surface area contributed by atoms with E-state index in [1.54, 1.807) is 12.1 Å². The molecule has 2 atom stereocenters. The molecule has 1 aromatic rings. The van der Waals surface area contributed by atoms with Gasteiger partial charge in [0, 0.05) is 24.4 Å². The summed E-state index contributed by atoms with van der Waals surface area (Å²) in [5, 5.41) is 13.8. The summed E-state index contributed by atoms with van der Waals surface area (Å²) < 4.78 is 0. The van der Waals surface area contributed by atoms with Gasteiger partial charge in [0.25, 0.3) is 5.69 Å². The molecule has 0 bridgehead atoms. The molecule has 1 fully saturated rings. The summed E-state index contributed by atoms with van der Waals surface area (Å²) in [6.07, 6.45) is 1.27. The number of nitrogens with zero attached hydrogens (tertiary/aromatic N) is 1. The Bertz CT molecular complexity index is 379. The summed E-state index contributed by atoms with van der Waals surface area (Å²) in [6, 6.07) is 6.65. The van der Waals surface area contributed by atoms with Crippen LogP contribution in [0.4, 0.5) is 11.4 Å². The molecular formula is C11H14N2O2. The number of nitro groups is 1. The highest BCUT2D eigenvalue weighted by Gasteiger charge is 2.31. The first-order valence-corrected chi connectivity index (χ1v) is 5.15. The highest BCUT2D eigenvalue weighted by atomic mass is 16.6. The van der Waals surface area contributed by atoms with Crippen LogP contribution in [0.15, 0.2) is 24.3 Å². The fourth-order valence-electron chi connectivity index (χ4n) is 1.66. The molecule has 0 spiro atoms. The largest absolute Gasteiger partial charge is 0.385 e. The van der Waals surface area contributed by atoms with E-state index in [9.17, 15) is 10.1 Å². The number of non-ortho nitro benzene ring substituents is 1. The maximum Gasteiger partial charge on any atom is 0.271 e. The fourth-order valence-corrected chi connectivity index (χ4v) is 1.66. The average molecular weight is 206 g/mol. The molecule has 4 nitrogen and oxygen atoms in total. The summed E-state index contributed by atoms with van der Waals surface area (Å²) >= 11 is 0. The third-order valence-electron chi connectivity index (χ3n) is 2.90. The van der Waals surface area contributed by atoms with Crippen molar-refractivity contribution in [2.24, 2.45) is 11.8 Å². The van der Waals surface area contributed by atoms with E-state index in [-0.39, 0.29) is 10.6 Å². The van der Waals surface area contributed by atoms with Gasteiger partial charge in [-0.2, -0.15) is 0 Å². The Balaban J connectivity index is 1.95. The van der Waals surface area contributed by atoms with Crippen LogP contribution in [0, 0.1) is 22.0 Å². The lowest BCUT2D eigenvalue weighted by molar-refractivity contribution is -0.384. The third kappa shape index (κ3) is 2.46. The van der Waals surface area contributed by atoms with Gasteiger partial charge in [0.15, 0.2) is 0 Å². The molecule has 1 aromatic carbocycles. The van der Waals surface area contributed by atoms with E-state index >= 15 is 0 Å². The number of benzene rings is 1. The van der Waals surface area contributed by atoms with Crippen molar-refractivity contribution in [2.45, 2.75) is 13.3 Å². The molecule has 0 aromatic heterocycles. The highest BCUT2D eigenvalue weighted by molar-refractivity contribution is 5.51. The number of rotatable bonds is 4. The van der Waals surface area contributed by atoms with Gasteiger partial charge in [0.1, 0.15) is 0 Å². The molecule has 4 heteroatoms. The van der Waals surface area contributed by atoms with E-state index in [4.69, 9.17) is 0 Å². The summed E-state index contributed by atoms with van der Waals surface area (Å²) in [4.78, 5) is 10.2. The molecule has 1 aliphatic carbocycles. The van der Waals surface area contributed by atoms with E-state index in [2.05, 4.69) is 12.2 Å². The lowest BCUT2D eigenvalue weighted by Crippen LogP contribution is -2.04. The zero-order chi connectivity index (χ0) is 10.8. The van der Waals surface area contributed by atoms with Crippen molar-refractivity contribution in [1.29, 1.82) is 0 Å². The van der Waals surface area contributed by atoms with Crippen LogP contribution in [0.25, 0.3) is 0 Å². The van der Waals surface area contributed by atoms with Crippen LogP contribution in [0.1, 0.15) is 13.3 Å². The van der Waals surface area contributed by atoms with Crippen molar-refractivity contribution >= 4 is 11.4 Å². The van der Waals surface area contributed by atoms with Crippen LogP contribution in [0.3, 0.4) is 0 Å². The van der Waals surface area contributed by atoms with Crippen LogP contribution in [0.5, 0.6) is 0 Å². The summed E-state index contributed by atoms with van der Waals surface area (Å²) in [5.41, 5.74) is 0.979. The zero-order valence-electron chi connectivity index (χ0n) is 8.64. The zero-order valence-corrected chi connectivity index (χ0v) is 8.64. The van der Waals surface area contributed by atoms with E-state index < -0.39 is 0 Å². The van der Waals surface area contributed by atoms with Crippen molar-refractivity contribution in [3.63, 3.8) is 0 Å². The predicted molar refractivity (Wildman–Crippen MR) is 58.9 cm³/mol. The SMILES string of the molecule is CC1CC1CNc1cccc([N+](=O)[O-])c1. The lowest BCUT2D eigenvalue weighted by Gasteiger charge is -2.04. The quantitative estimate of drug-likeness (QED) is 0.608. The molecule has 0 radical (unpaired) electrons. The molecule has 0 heterocycles. The van der Waals surface area contributed by atoms with E-state index in [1.165, 1.54) is 12.5 Å². The van der Waals surface area contributed by atoms with Gasteiger partial charge in [-0.3, -0.25) is 10.1 Å². The maximum absolute atomic E-state index is 10.5. The molecular weight excluding hydrogens is 192 g/mol. The van der Waals surface area contributed by atoms with Gasteiger partial charge in [0.05, 0.1) is 4.92 Å². The summed E-state index contributed by atoms with van der Waals surface area (Å²) in [5.74, 6) is 1.54. The van der Waals surface area contributed by atoms with Crippen molar-refractivity contribution in [1.82, 2.24) is 0 Å². The minimum absolute atomic E-state index is 0.142. The Morgan fingerprint density at radius 3 is 2.93 bits per heavy atom. The number of hydrogen-bond donors (Lipinski definition) is 1. The third-order valence-corrected chi connectivity index (χ3v) is 2.90. The van der Waals surface area contributed by atoms with Gasteiger partial charge < -0.3 is 5.32 Å². The Morgan fingerprint density at radius 2 is 2.33 bits per heavy atom. The number of nitro benzene ring substituents is 1. The maximum atomic E-state index is 10.5. The van der Waals surface area contributed by atoms with E-state index in [0.29, 0.717) is 0 Å².